The van der Waals surface area contributed by atoms with Crippen LogP contribution in [0.15, 0.2) is 24.3 Å². The quantitative estimate of drug-likeness (QED) is 0.121. The number of amides is 7. The van der Waals surface area contributed by atoms with Gasteiger partial charge in [0.05, 0.1) is 30.8 Å². The summed E-state index contributed by atoms with van der Waals surface area (Å²) >= 11 is 0. The van der Waals surface area contributed by atoms with Gasteiger partial charge in [0.2, 0.25) is 35.4 Å². The van der Waals surface area contributed by atoms with Crippen LogP contribution in [0.1, 0.15) is 44.8 Å². The van der Waals surface area contributed by atoms with Crippen molar-refractivity contribution >= 4 is 41.4 Å². The highest BCUT2D eigenvalue weighted by molar-refractivity contribution is 5.98. The Morgan fingerprint density at radius 3 is 1.97 bits per heavy atom. The standard InChI is InChI=1S/C35H52N8O16/c1-12-10-43-25(26(12)50)33(57)41-31(55)20(48)8-17(36)29(53)38-22(13(2)44)34(58)42-11-16(46)7-18(42)30(54)40-24(28(52)27(51)14-3-5-15(45)6-4-14)32(56)39-23(35(43)59)19(47)9-21(37)49/h3-6,12-13,16-20,22-28,31,44-48,50-52,55H,7-11,36H2,1-2H3,(H2,37,49)(H,38,53)(H,39,56)(H,40,54)(H,41,57)/p+1/t12-,13+,16+,17-,18-,19+,20+,22-,23-,24-,25-,26-,27-,28-,31+/m0/s1. The second-order valence-electron chi connectivity index (χ2n) is 15.2. The number of primary amides is 1. The normalized spacial score (nSPS) is 33.9. The maximum absolute atomic E-state index is 14.2. The zero-order valence-electron chi connectivity index (χ0n) is 32.1. The summed E-state index contributed by atoms with van der Waals surface area (Å²) in [5.74, 6) is -9.77. The number of phenolic OH excluding ortho intramolecular Hbond substituents is 1. The first-order chi connectivity index (χ1) is 27.5. The number of aliphatic hydroxyl groups excluding tert-OH is 8. The number of rotatable bonds is 7. The molecule has 3 aliphatic rings. The molecule has 0 spiro atoms. The van der Waals surface area contributed by atoms with Crippen LogP contribution in [0.25, 0.3) is 0 Å². The Morgan fingerprint density at radius 1 is 0.797 bits per heavy atom. The van der Waals surface area contributed by atoms with Gasteiger partial charge in [-0.15, -0.1) is 0 Å². The van der Waals surface area contributed by atoms with Crippen LogP contribution in [-0.2, 0) is 33.6 Å². The third-order valence-corrected chi connectivity index (χ3v) is 10.6. The van der Waals surface area contributed by atoms with Crippen molar-refractivity contribution in [2.75, 3.05) is 13.1 Å². The summed E-state index contributed by atoms with van der Waals surface area (Å²) < 4.78 is 0. The minimum atomic E-state index is -2.33. The number of hydrogen-bond donors (Lipinski definition) is 15. The van der Waals surface area contributed by atoms with Gasteiger partial charge in [-0.25, -0.2) is 0 Å². The van der Waals surface area contributed by atoms with E-state index >= 15 is 0 Å². The number of carbonyl (C=O) groups is 7. The molecule has 3 aliphatic heterocycles. The van der Waals surface area contributed by atoms with Crippen molar-refractivity contribution in [3.63, 3.8) is 0 Å². The molecule has 328 valence electrons. The Morgan fingerprint density at radius 2 is 1.37 bits per heavy atom. The second-order valence-corrected chi connectivity index (χ2v) is 15.2. The summed E-state index contributed by atoms with van der Waals surface area (Å²) in [5, 5.41) is 106. The summed E-state index contributed by atoms with van der Waals surface area (Å²) in [5.41, 5.74) is 8.78. The Balaban J connectivity index is 1.85. The number of aliphatic hydroxyl groups is 8. The Hall–Kier alpha value is -5.05. The highest BCUT2D eigenvalue weighted by Gasteiger charge is 2.50. The van der Waals surface area contributed by atoms with Crippen molar-refractivity contribution in [3.8, 4) is 5.75 Å². The molecule has 24 heteroatoms. The van der Waals surface area contributed by atoms with Gasteiger partial charge in [-0.1, -0.05) is 19.1 Å². The van der Waals surface area contributed by atoms with Crippen LogP contribution >= 0.6 is 0 Å². The van der Waals surface area contributed by atoms with Gasteiger partial charge in [0.1, 0.15) is 54.3 Å². The summed E-state index contributed by atoms with van der Waals surface area (Å²) in [6.45, 7) is 1.58. The van der Waals surface area contributed by atoms with Crippen molar-refractivity contribution in [3.05, 3.63) is 29.8 Å². The lowest BCUT2D eigenvalue weighted by Gasteiger charge is -2.34. The fourth-order valence-corrected chi connectivity index (χ4v) is 7.22. The minimum absolute atomic E-state index is 0.102. The molecule has 0 bridgehead atoms. The van der Waals surface area contributed by atoms with Crippen LogP contribution in [0.2, 0.25) is 0 Å². The zero-order chi connectivity index (χ0) is 44.2. The average molecular weight is 842 g/mol. The van der Waals surface area contributed by atoms with Crippen molar-refractivity contribution < 1.29 is 85.3 Å². The monoisotopic (exact) mass is 841 g/mol. The maximum Gasteiger partial charge on any atom is 0.278 e. The molecule has 18 N–H and O–H groups in total. The number of benzene rings is 1. The van der Waals surface area contributed by atoms with Crippen molar-refractivity contribution in [2.45, 2.75) is 118 Å². The van der Waals surface area contributed by atoms with Gasteiger partial charge < -0.3 is 88.5 Å². The highest BCUT2D eigenvalue weighted by atomic mass is 16.3. The van der Waals surface area contributed by atoms with Crippen molar-refractivity contribution in [1.82, 2.24) is 31.1 Å². The number of aromatic hydroxyl groups is 1. The van der Waals surface area contributed by atoms with E-state index in [0.717, 1.165) is 36.1 Å². The molecule has 3 fully saturated rings. The van der Waals surface area contributed by atoms with Gasteiger partial charge in [-0.05, 0) is 24.6 Å². The van der Waals surface area contributed by atoms with Crippen LogP contribution in [0.4, 0.5) is 0 Å². The lowest BCUT2D eigenvalue weighted by Crippen LogP contribution is -2.71. The zero-order valence-corrected chi connectivity index (χ0v) is 32.1. The molecular weight excluding hydrogens is 788 g/mol. The van der Waals surface area contributed by atoms with Crippen LogP contribution in [0, 0.1) is 5.92 Å². The van der Waals surface area contributed by atoms with Gasteiger partial charge in [0.25, 0.3) is 5.91 Å². The van der Waals surface area contributed by atoms with Gasteiger partial charge >= 0.3 is 0 Å². The Bertz CT molecular complexity index is 1740. The molecule has 0 saturated carbocycles. The number of fused-ring (bicyclic) bond motifs is 2. The fourth-order valence-electron chi connectivity index (χ4n) is 7.22. The predicted molar refractivity (Wildman–Crippen MR) is 195 cm³/mol. The largest absolute Gasteiger partial charge is 0.508 e. The predicted octanol–water partition coefficient (Wildman–Crippen LogP) is -9.16. The van der Waals surface area contributed by atoms with E-state index < -0.39 is 165 Å². The van der Waals surface area contributed by atoms with E-state index in [-0.39, 0.29) is 11.3 Å². The fraction of sp³-hybridized carbons (Fsp3) is 0.629. The van der Waals surface area contributed by atoms with Crippen LogP contribution in [0.5, 0.6) is 5.75 Å². The third kappa shape index (κ3) is 10.8. The first-order valence-electron chi connectivity index (χ1n) is 18.7. The number of carbonyl (C=O) groups excluding carboxylic acids is 7. The van der Waals surface area contributed by atoms with Gasteiger partial charge in [-0.3, -0.25) is 33.6 Å². The smallest absolute Gasteiger partial charge is 0.278 e. The summed E-state index contributed by atoms with van der Waals surface area (Å²) in [6, 6.07) is -6.77. The topological polar surface area (TPSA) is 410 Å². The number of nitrogens with one attached hydrogen (secondary N) is 4. The van der Waals surface area contributed by atoms with E-state index in [2.05, 4.69) is 21.7 Å². The second kappa shape index (κ2) is 19.3. The van der Waals surface area contributed by atoms with Crippen molar-refractivity contribution in [1.29, 1.82) is 0 Å². The Labute approximate surface area is 336 Å². The number of hydrogen-bond acceptors (Lipinski definition) is 16. The van der Waals surface area contributed by atoms with E-state index in [1.54, 1.807) is 0 Å². The van der Waals surface area contributed by atoms with E-state index in [1.165, 1.54) is 6.92 Å². The first-order valence-corrected chi connectivity index (χ1v) is 18.7. The molecule has 1 aromatic carbocycles. The molecule has 24 nitrogen and oxygen atoms in total. The molecule has 4 rings (SSSR count). The molecular formula is C35H53N8O16+. The van der Waals surface area contributed by atoms with Crippen molar-refractivity contribution in [2.24, 2.45) is 11.7 Å². The molecule has 1 aromatic rings. The van der Waals surface area contributed by atoms with Crippen LogP contribution < -0.4 is 32.7 Å². The molecule has 0 aliphatic carbocycles. The molecule has 0 unspecified atom stereocenters. The number of quaternary nitrogens is 1. The SMILES string of the molecule is C[C@@H](O)[C@@H]1NC(=O)[C@@H]([NH3+])C[C@@H](O)[C@@H](O)NC(=O)[C@@H]2[C@@H](O)[C@@H](C)CN2C(=O)[C@H]([C@H](O)CC(N)=O)NC(=O)[C@H]([C@H](O)[C@@H](O)c2ccc(O)cc2)NC(=O)[C@@H]2C[C@@H](O)CN2C1=O. The summed E-state index contributed by atoms with van der Waals surface area (Å²) in [7, 11) is 0. The van der Waals surface area contributed by atoms with Crippen LogP contribution in [0.3, 0.4) is 0 Å². The van der Waals surface area contributed by atoms with Gasteiger partial charge in [-0.2, -0.15) is 0 Å². The van der Waals surface area contributed by atoms with Crippen LogP contribution in [-0.4, -0.2) is 189 Å². The number of phenols is 1. The molecule has 0 radical (unpaired) electrons. The van der Waals surface area contributed by atoms with E-state index in [9.17, 15) is 79.5 Å². The summed E-state index contributed by atoms with van der Waals surface area (Å²) in [6.07, 6.45) is -17.5. The number of nitrogens with zero attached hydrogens (tertiary/aromatic N) is 2. The molecule has 0 aromatic heterocycles. The average Bonchev–Trinajstić information content (AvgIpc) is 3.71. The Kier molecular flexibility index (Phi) is 15.3. The van der Waals surface area contributed by atoms with Gasteiger partial charge in [0, 0.05) is 31.8 Å². The van der Waals surface area contributed by atoms with Gasteiger partial charge in [0.15, 0.2) is 12.3 Å². The summed E-state index contributed by atoms with van der Waals surface area (Å²) in [4.78, 5) is 96.5. The molecule has 59 heavy (non-hydrogen) atoms. The molecule has 15 atom stereocenters. The third-order valence-electron chi connectivity index (χ3n) is 10.6. The first kappa shape index (κ1) is 46.6. The van der Waals surface area contributed by atoms with E-state index in [4.69, 9.17) is 5.73 Å². The van der Waals surface area contributed by atoms with E-state index in [1.807, 2.05) is 5.32 Å². The molecule has 3 heterocycles. The lowest BCUT2D eigenvalue weighted by atomic mass is 9.96. The minimum Gasteiger partial charge on any atom is -0.508 e. The lowest BCUT2D eigenvalue weighted by molar-refractivity contribution is -0.408. The molecule has 3 saturated heterocycles. The number of nitrogens with two attached hydrogens (primary N) is 1. The molecule has 7 amide bonds. The maximum atomic E-state index is 14.2. The highest BCUT2D eigenvalue weighted by Crippen LogP contribution is 2.27. The van der Waals surface area contributed by atoms with E-state index in [0.29, 0.717) is 4.90 Å².